The third kappa shape index (κ3) is 6.87. The van der Waals surface area contributed by atoms with Crippen molar-refractivity contribution in [3.63, 3.8) is 0 Å². The lowest BCUT2D eigenvalue weighted by atomic mass is 9.85. The largest absolute Gasteiger partial charge is 0.394 e. The number of nitrogens with zero attached hydrogens (tertiary/aromatic N) is 3. The Kier molecular flexibility index (Phi) is 7.84. The van der Waals surface area contributed by atoms with Gasteiger partial charge in [-0.05, 0) is 61.5 Å². The van der Waals surface area contributed by atoms with Crippen LogP contribution in [0.4, 0.5) is 4.39 Å². The number of amides is 1. The van der Waals surface area contributed by atoms with Crippen molar-refractivity contribution in [2.24, 2.45) is 5.41 Å². The van der Waals surface area contributed by atoms with Gasteiger partial charge in [-0.1, -0.05) is 32.9 Å². The van der Waals surface area contributed by atoms with Crippen molar-refractivity contribution >= 4 is 5.91 Å². The number of hydrogen-bond donors (Lipinski definition) is 2. The van der Waals surface area contributed by atoms with Gasteiger partial charge < -0.3 is 10.4 Å². The van der Waals surface area contributed by atoms with Gasteiger partial charge in [0.2, 0.25) is 5.91 Å². The van der Waals surface area contributed by atoms with Crippen LogP contribution in [0.2, 0.25) is 0 Å². The number of carbonyl (C=O) groups is 1. The molecule has 0 spiro atoms. The van der Waals surface area contributed by atoms with E-state index in [1.54, 1.807) is 18.3 Å². The highest BCUT2D eigenvalue weighted by Crippen LogP contribution is 2.30. The van der Waals surface area contributed by atoms with Crippen LogP contribution in [0.3, 0.4) is 0 Å². The quantitative estimate of drug-likeness (QED) is 0.673. The maximum absolute atomic E-state index is 13.3. The molecular formula is C24H35FN4O2. The highest BCUT2D eigenvalue weighted by atomic mass is 19.1. The summed E-state index contributed by atoms with van der Waals surface area (Å²) in [7, 11) is 0. The van der Waals surface area contributed by atoms with Gasteiger partial charge in [0, 0.05) is 17.8 Å². The van der Waals surface area contributed by atoms with E-state index in [-0.39, 0.29) is 29.8 Å². The zero-order valence-corrected chi connectivity index (χ0v) is 18.9. The number of aliphatic hydroxyl groups is 1. The Morgan fingerprint density at radius 2 is 1.90 bits per heavy atom. The van der Waals surface area contributed by atoms with Crippen molar-refractivity contribution in [1.82, 2.24) is 20.0 Å². The summed E-state index contributed by atoms with van der Waals surface area (Å²) in [5.41, 5.74) is 2.13. The first-order valence-electron chi connectivity index (χ1n) is 11.1. The molecule has 3 rings (SSSR count). The third-order valence-corrected chi connectivity index (χ3v) is 5.86. The Hall–Kier alpha value is -2.25. The molecule has 170 valence electrons. The molecule has 6 nitrogen and oxygen atoms in total. The zero-order chi connectivity index (χ0) is 22.4. The number of nitrogens with one attached hydrogen (secondary N) is 1. The Morgan fingerprint density at radius 3 is 2.52 bits per heavy atom. The van der Waals surface area contributed by atoms with Crippen LogP contribution in [0.25, 0.3) is 0 Å². The molecule has 1 aromatic heterocycles. The van der Waals surface area contributed by atoms with Gasteiger partial charge in [-0.25, -0.2) is 4.39 Å². The lowest BCUT2D eigenvalue weighted by Gasteiger charge is -2.33. The van der Waals surface area contributed by atoms with Gasteiger partial charge in [-0.3, -0.25) is 14.4 Å². The molecule has 7 heteroatoms. The van der Waals surface area contributed by atoms with Crippen molar-refractivity contribution in [1.29, 1.82) is 0 Å². The van der Waals surface area contributed by atoms with E-state index in [9.17, 15) is 14.3 Å². The number of piperidine rings is 1. The summed E-state index contributed by atoms with van der Waals surface area (Å²) >= 11 is 0. The predicted octanol–water partition coefficient (Wildman–Crippen LogP) is 3.49. The lowest BCUT2D eigenvalue weighted by Crippen LogP contribution is -2.42. The molecule has 0 saturated carbocycles. The molecule has 1 fully saturated rings. The van der Waals surface area contributed by atoms with Gasteiger partial charge in [-0.15, -0.1) is 0 Å². The molecule has 2 heterocycles. The Morgan fingerprint density at radius 1 is 1.23 bits per heavy atom. The third-order valence-electron chi connectivity index (χ3n) is 5.86. The predicted molar refractivity (Wildman–Crippen MR) is 119 cm³/mol. The first-order valence-corrected chi connectivity index (χ1v) is 11.1. The molecule has 1 unspecified atom stereocenters. The molecule has 0 aliphatic carbocycles. The standard InChI is InChI=1S/C24H35FN4O2/c1-24(2,3)16-21(18-4-6-20(25)7-5-18)27-23(31)17-28-12-9-19(10-13-28)22-8-11-26-29(22)14-15-30/h4-8,11,19,21,30H,9-10,12-17H2,1-3H3,(H,27,31). The zero-order valence-electron chi connectivity index (χ0n) is 18.9. The fourth-order valence-corrected chi connectivity index (χ4v) is 4.36. The fourth-order valence-electron chi connectivity index (χ4n) is 4.36. The van der Waals surface area contributed by atoms with Gasteiger partial charge in [-0.2, -0.15) is 5.10 Å². The van der Waals surface area contributed by atoms with E-state index in [4.69, 9.17) is 0 Å². The average Bonchev–Trinajstić information content (AvgIpc) is 3.16. The minimum atomic E-state index is -0.271. The number of carbonyl (C=O) groups excluding carboxylic acids is 1. The summed E-state index contributed by atoms with van der Waals surface area (Å²) in [4.78, 5) is 15.0. The average molecular weight is 431 g/mol. The maximum Gasteiger partial charge on any atom is 0.234 e. The number of hydrogen-bond acceptors (Lipinski definition) is 4. The molecule has 1 aliphatic heterocycles. The van der Waals surface area contributed by atoms with Crippen LogP contribution in [-0.2, 0) is 11.3 Å². The molecule has 0 radical (unpaired) electrons. The maximum atomic E-state index is 13.3. The fraction of sp³-hybridized carbons (Fsp3) is 0.583. The Labute approximate surface area is 184 Å². The summed E-state index contributed by atoms with van der Waals surface area (Å²) < 4.78 is 15.2. The SMILES string of the molecule is CC(C)(C)CC(NC(=O)CN1CCC(c2ccnn2CCO)CC1)c1ccc(F)cc1. The normalized spacial score (nSPS) is 16.9. The second-order valence-corrected chi connectivity index (χ2v) is 9.69. The minimum Gasteiger partial charge on any atom is -0.394 e. The van der Waals surface area contributed by atoms with E-state index in [2.05, 4.69) is 36.1 Å². The molecule has 1 amide bonds. The molecule has 0 bridgehead atoms. The van der Waals surface area contributed by atoms with E-state index >= 15 is 0 Å². The van der Waals surface area contributed by atoms with Crippen LogP contribution in [-0.4, -0.2) is 51.9 Å². The number of benzene rings is 1. The summed E-state index contributed by atoms with van der Waals surface area (Å²) in [5, 5.41) is 16.7. The number of halogens is 1. The van der Waals surface area contributed by atoms with Gasteiger partial charge in [0.05, 0.1) is 25.7 Å². The van der Waals surface area contributed by atoms with E-state index in [1.165, 1.54) is 17.8 Å². The number of aliphatic hydroxyl groups excluding tert-OH is 1. The van der Waals surface area contributed by atoms with Gasteiger partial charge >= 0.3 is 0 Å². The van der Waals surface area contributed by atoms with Crippen molar-refractivity contribution in [2.45, 2.75) is 58.5 Å². The van der Waals surface area contributed by atoms with Crippen LogP contribution in [0.5, 0.6) is 0 Å². The number of aromatic nitrogens is 2. The van der Waals surface area contributed by atoms with Gasteiger partial charge in [0.1, 0.15) is 5.82 Å². The molecular weight excluding hydrogens is 395 g/mol. The minimum absolute atomic E-state index is 0.00217. The van der Waals surface area contributed by atoms with Gasteiger partial charge in [0.15, 0.2) is 0 Å². The van der Waals surface area contributed by atoms with E-state index in [1.807, 2.05) is 10.7 Å². The monoisotopic (exact) mass is 430 g/mol. The number of rotatable bonds is 8. The van der Waals surface area contributed by atoms with Crippen LogP contribution in [0.1, 0.15) is 63.3 Å². The topological polar surface area (TPSA) is 70.4 Å². The van der Waals surface area contributed by atoms with Crippen molar-refractivity contribution in [2.75, 3.05) is 26.2 Å². The lowest BCUT2D eigenvalue weighted by molar-refractivity contribution is -0.123. The second kappa shape index (κ2) is 10.4. The molecule has 1 atom stereocenters. The summed E-state index contributed by atoms with van der Waals surface area (Å²) in [6, 6.07) is 8.30. The highest BCUT2D eigenvalue weighted by Gasteiger charge is 2.26. The molecule has 2 aromatic rings. The number of likely N-dealkylation sites (tertiary alicyclic amines) is 1. The molecule has 1 aromatic carbocycles. The van der Waals surface area contributed by atoms with Crippen molar-refractivity contribution in [3.05, 3.63) is 53.6 Å². The summed E-state index contributed by atoms with van der Waals surface area (Å²) in [6.07, 6.45) is 4.50. The van der Waals surface area contributed by atoms with Crippen LogP contribution in [0, 0.1) is 11.2 Å². The van der Waals surface area contributed by atoms with Gasteiger partial charge in [0.25, 0.3) is 0 Å². The second-order valence-electron chi connectivity index (χ2n) is 9.69. The Balaban J connectivity index is 1.55. The summed E-state index contributed by atoms with van der Waals surface area (Å²) in [5.74, 6) is 0.136. The molecule has 31 heavy (non-hydrogen) atoms. The van der Waals surface area contributed by atoms with E-state index < -0.39 is 0 Å². The molecule has 1 saturated heterocycles. The van der Waals surface area contributed by atoms with E-state index in [0.29, 0.717) is 19.0 Å². The first-order chi connectivity index (χ1) is 14.7. The Bertz CT molecular complexity index is 836. The smallest absolute Gasteiger partial charge is 0.234 e. The van der Waals surface area contributed by atoms with Crippen LogP contribution >= 0.6 is 0 Å². The van der Waals surface area contributed by atoms with Crippen molar-refractivity contribution in [3.8, 4) is 0 Å². The molecule has 1 aliphatic rings. The van der Waals surface area contributed by atoms with E-state index in [0.717, 1.165) is 37.9 Å². The first kappa shape index (κ1) is 23.4. The van der Waals surface area contributed by atoms with Crippen molar-refractivity contribution < 1.29 is 14.3 Å². The highest BCUT2D eigenvalue weighted by molar-refractivity contribution is 5.78. The summed E-state index contributed by atoms with van der Waals surface area (Å²) in [6.45, 7) is 9.09. The molecule has 2 N–H and O–H groups in total. The van der Waals surface area contributed by atoms with Crippen LogP contribution < -0.4 is 5.32 Å². The van der Waals surface area contributed by atoms with Crippen LogP contribution in [0.15, 0.2) is 36.5 Å².